The molecule has 6 nitrogen and oxygen atoms in total. The number of nitrogens with one attached hydrogen (secondary N) is 2. The Balaban J connectivity index is 1.81. The highest BCUT2D eigenvalue weighted by molar-refractivity contribution is 9.11. The Hall–Kier alpha value is -2.06. The SMILES string of the molecule is CCC(Oc1cccc(C)c1)C(=O)NNC(=O)COc1ccc(Br)cc1Br. The molecule has 0 fully saturated rings. The maximum atomic E-state index is 12.2. The van der Waals surface area contributed by atoms with Crippen LogP contribution in [0.5, 0.6) is 11.5 Å². The van der Waals surface area contributed by atoms with E-state index in [-0.39, 0.29) is 6.61 Å². The monoisotopic (exact) mass is 498 g/mol. The number of ether oxygens (including phenoxy) is 2. The third-order valence-corrected chi connectivity index (χ3v) is 4.62. The molecule has 0 heterocycles. The van der Waals surface area contributed by atoms with Gasteiger partial charge >= 0.3 is 0 Å². The predicted molar refractivity (Wildman–Crippen MR) is 110 cm³/mol. The van der Waals surface area contributed by atoms with E-state index in [1.165, 1.54) is 0 Å². The third kappa shape index (κ3) is 6.88. The zero-order chi connectivity index (χ0) is 19.8. The van der Waals surface area contributed by atoms with Gasteiger partial charge in [0.2, 0.25) is 0 Å². The number of benzene rings is 2. The van der Waals surface area contributed by atoms with E-state index in [4.69, 9.17) is 9.47 Å². The quantitative estimate of drug-likeness (QED) is 0.566. The normalized spacial score (nSPS) is 11.4. The number of amides is 2. The van der Waals surface area contributed by atoms with Crippen LogP contribution >= 0.6 is 31.9 Å². The summed E-state index contributed by atoms with van der Waals surface area (Å²) in [5.41, 5.74) is 5.73. The molecule has 8 heteroatoms. The Morgan fingerprint density at radius 1 is 1.11 bits per heavy atom. The summed E-state index contributed by atoms with van der Waals surface area (Å²) >= 11 is 6.69. The zero-order valence-corrected chi connectivity index (χ0v) is 18.1. The number of aryl methyl sites for hydroxylation is 1. The van der Waals surface area contributed by atoms with Crippen molar-refractivity contribution in [1.29, 1.82) is 0 Å². The summed E-state index contributed by atoms with van der Waals surface area (Å²) in [6, 6.07) is 12.8. The molecule has 2 rings (SSSR count). The molecule has 0 radical (unpaired) electrons. The van der Waals surface area contributed by atoms with Crippen molar-refractivity contribution in [2.45, 2.75) is 26.4 Å². The van der Waals surface area contributed by atoms with Crippen LogP contribution in [0.25, 0.3) is 0 Å². The topological polar surface area (TPSA) is 76.7 Å². The fraction of sp³-hybridized carbons (Fsp3) is 0.263. The van der Waals surface area contributed by atoms with Crippen LogP contribution in [0.3, 0.4) is 0 Å². The first-order valence-corrected chi connectivity index (χ1v) is 9.87. The molecule has 2 amide bonds. The lowest BCUT2D eigenvalue weighted by Gasteiger charge is -2.18. The molecule has 0 aromatic heterocycles. The van der Waals surface area contributed by atoms with Crippen molar-refractivity contribution in [3.05, 3.63) is 57.0 Å². The van der Waals surface area contributed by atoms with Crippen molar-refractivity contribution >= 4 is 43.7 Å². The van der Waals surface area contributed by atoms with Crippen molar-refractivity contribution in [1.82, 2.24) is 10.9 Å². The van der Waals surface area contributed by atoms with Gasteiger partial charge in [0, 0.05) is 4.47 Å². The molecule has 2 N–H and O–H groups in total. The molecule has 0 saturated heterocycles. The second-order valence-corrected chi connectivity index (χ2v) is 7.50. The highest BCUT2D eigenvalue weighted by atomic mass is 79.9. The van der Waals surface area contributed by atoms with Crippen LogP contribution in [-0.2, 0) is 9.59 Å². The lowest BCUT2D eigenvalue weighted by molar-refractivity contribution is -0.134. The number of hydrogen-bond acceptors (Lipinski definition) is 4. The Kier molecular flexibility index (Phi) is 8.12. The first-order valence-electron chi connectivity index (χ1n) is 8.29. The van der Waals surface area contributed by atoms with Crippen LogP contribution in [-0.4, -0.2) is 24.5 Å². The van der Waals surface area contributed by atoms with Gasteiger partial charge < -0.3 is 9.47 Å². The van der Waals surface area contributed by atoms with Crippen LogP contribution in [0.4, 0.5) is 0 Å². The minimum absolute atomic E-state index is 0.240. The van der Waals surface area contributed by atoms with Crippen LogP contribution in [0, 0.1) is 6.92 Å². The van der Waals surface area contributed by atoms with Gasteiger partial charge in [-0.3, -0.25) is 20.4 Å². The first kappa shape index (κ1) is 21.2. The Morgan fingerprint density at radius 2 is 1.89 bits per heavy atom. The fourth-order valence-electron chi connectivity index (χ4n) is 2.16. The number of hydrogen-bond donors (Lipinski definition) is 2. The number of hydrazine groups is 1. The maximum absolute atomic E-state index is 12.2. The molecule has 0 bridgehead atoms. The zero-order valence-electron chi connectivity index (χ0n) is 14.9. The smallest absolute Gasteiger partial charge is 0.279 e. The molecule has 0 aliphatic heterocycles. The van der Waals surface area contributed by atoms with E-state index in [0.717, 1.165) is 10.0 Å². The largest absolute Gasteiger partial charge is 0.483 e. The Bertz CT molecular complexity index is 814. The van der Waals surface area contributed by atoms with Gasteiger partial charge in [-0.2, -0.15) is 0 Å². The van der Waals surface area contributed by atoms with Gasteiger partial charge in [0.1, 0.15) is 11.5 Å². The molecule has 0 saturated carbocycles. The average Bonchev–Trinajstić information content (AvgIpc) is 2.63. The first-order chi connectivity index (χ1) is 12.9. The molecule has 1 unspecified atom stereocenters. The Morgan fingerprint density at radius 3 is 2.56 bits per heavy atom. The van der Waals surface area contributed by atoms with Gasteiger partial charge in [0.25, 0.3) is 11.8 Å². The molecule has 2 aromatic carbocycles. The standard InChI is InChI=1S/C19H20Br2N2O4/c1-3-16(27-14-6-4-5-12(2)9-14)19(25)23-22-18(24)11-26-17-8-7-13(20)10-15(17)21/h4-10,16H,3,11H2,1-2H3,(H,22,24)(H,23,25). The molecular formula is C19H20Br2N2O4. The summed E-state index contributed by atoms with van der Waals surface area (Å²) < 4.78 is 12.7. The summed E-state index contributed by atoms with van der Waals surface area (Å²) in [7, 11) is 0. The molecule has 0 spiro atoms. The van der Waals surface area contributed by atoms with Crippen molar-refractivity contribution in [2.24, 2.45) is 0 Å². The summed E-state index contributed by atoms with van der Waals surface area (Å²) in [4.78, 5) is 24.1. The van der Waals surface area contributed by atoms with E-state index in [0.29, 0.717) is 22.4 Å². The van der Waals surface area contributed by atoms with Crippen LogP contribution in [0.15, 0.2) is 51.4 Å². The van der Waals surface area contributed by atoms with E-state index in [1.54, 1.807) is 18.2 Å². The summed E-state index contributed by atoms with van der Waals surface area (Å²) in [6.07, 6.45) is -0.258. The maximum Gasteiger partial charge on any atom is 0.279 e. The predicted octanol–water partition coefficient (Wildman–Crippen LogP) is 3.90. The van der Waals surface area contributed by atoms with Crippen LogP contribution in [0.1, 0.15) is 18.9 Å². The third-order valence-electron chi connectivity index (χ3n) is 3.51. The highest BCUT2D eigenvalue weighted by Crippen LogP contribution is 2.28. The fourth-order valence-corrected chi connectivity index (χ4v) is 3.32. The van der Waals surface area contributed by atoms with E-state index in [1.807, 2.05) is 38.1 Å². The highest BCUT2D eigenvalue weighted by Gasteiger charge is 2.19. The average molecular weight is 500 g/mol. The minimum atomic E-state index is -0.714. The Labute approximate surface area is 174 Å². The van der Waals surface area contributed by atoms with Gasteiger partial charge in [0.15, 0.2) is 12.7 Å². The number of halogens is 2. The van der Waals surface area contributed by atoms with Gasteiger partial charge in [-0.15, -0.1) is 0 Å². The van der Waals surface area contributed by atoms with E-state index < -0.39 is 17.9 Å². The molecule has 1 atom stereocenters. The van der Waals surface area contributed by atoms with Crippen molar-refractivity contribution in [3.8, 4) is 11.5 Å². The molecule has 27 heavy (non-hydrogen) atoms. The van der Waals surface area contributed by atoms with E-state index in [2.05, 4.69) is 42.7 Å². The van der Waals surface area contributed by atoms with Gasteiger partial charge in [-0.25, -0.2) is 0 Å². The number of carbonyl (C=O) groups excluding carboxylic acids is 2. The van der Waals surface area contributed by atoms with Crippen molar-refractivity contribution in [3.63, 3.8) is 0 Å². The molecule has 0 aliphatic rings. The summed E-state index contributed by atoms with van der Waals surface area (Å²) in [6.45, 7) is 3.53. The molecule has 144 valence electrons. The number of carbonyl (C=O) groups is 2. The summed E-state index contributed by atoms with van der Waals surface area (Å²) in [5, 5.41) is 0. The van der Waals surface area contributed by atoms with Crippen LogP contribution in [0.2, 0.25) is 0 Å². The van der Waals surface area contributed by atoms with E-state index >= 15 is 0 Å². The van der Waals surface area contributed by atoms with Gasteiger partial charge in [-0.05, 0) is 65.2 Å². The summed E-state index contributed by atoms with van der Waals surface area (Å²) in [5.74, 6) is 0.210. The van der Waals surface area contributed by atoms with Crippen LogP contribution < -0.4 is 20.3 Å². The molecular weight excluding hydrogens is 480 g/mol. The van der Waals surface area contributed by atoms with Crippen molar-refractivity contribution < 1.29 is 19.1 Å². The molecule has 2 aromatic rings. The second kappa shape index (κ2) is 10.3. The van der Waals surface area contributed by atoms with Gasteiger partial charge in [-0.1, -0.05) is 35.0 Å². The molecule has 0 aliphatic carbocycles. The van der Waals surface area contributed by atoms with E-state index in [9.17, 15) is 9.59 Å². The lowest BCUT2D eigenvalue weighted by atomic mass is 10.2. The number of rotatable bonds is 7. The van der Waals surface area contributed by atoms with Crippen molar-refractivity contribution in [2.75, 3.05) is 6.61 Å². The second-order valence-electron chi connectivity index (χ2n) is 5.73. The van der Waals surface area contributed by atoms with Gasteiger partial charge in [0.05, 0.1) is 4.47 Å². The lowest BCUT2D eigenvalue weighted by Crippen LogP contribution is -2.49. The minimum Gasteiger partial charge on any atom is -0.483 e.